The van der Waals surface area contributed by atoms with Crippen molar-refractivity contribution in [3.05, 3.63) is 11.7 Å². The molecule has 1 aliphatic rings. The number of carbonyl (C=O) groups is 1. The normalized spacial score (nSPS) is 17.7. The SMILES string of the molecule is Cl.NC(=O)Cc1nc(C2(N)CCC2)no1. The lowest BCUT2D eigenvalue weighted by Crippen LogP contribution is -2.44. The second-order valence-corrected chi connectivity index (χ2v) is 3.66. The fourth-order valence-corrected chi connectivity index (χ4v) is 1.46. The van der Waals surface area contributed by atoms with E-state index in [2.05, 4.69) is 10.1 Å². The molecule has 2 rings (SSSR count). The molecule has 1 heterocycles. The van der Waals surface area contributed by atoms with Crippen molar-refractivity contribution in [2.24, 2.45) is 11.5 Å². The zero-order chi connectivity index (χ0) is 10.2. The monoisotopic (exact) mass is 232 g/mol. The van der Waals surface area contributed by atoms with Crippen LogP contribution in [0.15, 0.2) is 4.52 Å². The molecule has 15 heavy (non-hydrogen) atoms. The van der Waals surface area contributed by atoms with Gasteiger partial charge < -0.3 is 16.0 Å². The van der Waals surface area contributed by atoms with Crippen LogP contribution in [0.2, 0.25) is 0 Å². The highest BCUT2D eigenvalue weighted by Gasteiger charge is 2.38. The fourth-order valence-electron chi connectivity index (χ4n) is 1.46. The Bertz CT molecular complexity index is 361. The first-order chi connectivity index (χ1) is 6.60. The molecule has 1 aliphatic carbocycles. The Balaban J connectivity index is 0.00000112. The summed E-state index contributed by atoms with van der Waals surface area (Å²) >= 11 is 0. The van der Waals surface area contributed by atoms with Crippen molar-refractivity contribution in [3.63, 3.8) is 0 Å². The van der Waals surface area contributed by atoms with Gasteiger partial charge in [0.15, 0.2) is 5.82 Å². The number of halogens is 1. The molecule has 6 nitrogen and oxygen atoms in total. The first-order valence-corrected chi connectivity index (χ1v) is 4.50. The minimum Gasteiger partial charge on any atom is -0.369 e. The van der Waals surface area contributed by atoms with Gasteiger partial charge in [-0.1, -0.05) is 5.16 Å². The van der Waals surface area contributed by atoms with Crippen molar-refractivity contribution < 1.29 is 9.32 Å². The van der Waals surface area contributed by atoms with Gasteiger partial charge in [0, 0.05) is 0 Å². The van der Waals surface area contributed by atoms with E-state index in [4.69, 9.17) is 16.0 Å². The third-order valence-electron chi connectivity index (χ3n) is 2.48. The van der Waals surface area contributed by atoms with Crippen molar-refractivity contribution in [2.75, 3.05) is 0 Å². The van der Waals surface area contributed by atoms with E-state index >= 15 is 0 Å². The van der Waals surface area contributed by atoms with Crippen LogP contribution < -0.4 is 11.5 Å². The minimum atomic E-state index is -0.486. The maximum Gasteiger partial charge on any atom is 0.236 e. The summed E-state index contributed by atoms with van der Waals surface area (Å²) in [6.07, 6.45) is 2.78. The Labute approximate surface area is 92.8 Å². The molecule has 1 aromatic rings. The Morgan fingerprint density at radius 2 is 2.20 bits per heavy atom. The largest absolute Gasteiger partial charge is 0.369 e. The topological polar surface area (TPSA) is 108 Å². The van der Waals surface area contributed by atoms with Crippen LogP contribution in [0.1, 0.15) is 31.0 Å². The van der Waals surface area contributed by atoms with Crippen molar-refractivity contribution in [2.45, 2.75) is 31.2 Å². The number of nitrogens with two attached hydrogens (primary N) is 2. The molecule has 84 valence electrons. The minimum absolute atomic E-state index is 0. The number of primary amides is 1. The number of rotatable bonds is 3. The molecule has 0 aliphatic heterocycles. The number of hydrogen-bond donors (Lipinski definition) is 2. The maximum atomic E-state index is 10.6. The summed E-state index contributed by atoms with van der Waals surface area (Å²) in [5.74, 6) is 0.240. The average molecular weight is 233 g/mol. The number of carbonyl (C=O) groups excluding carboxylic acids is 1. The molecule has 1 aromatic heterocycles. The summed E-state index contributed by atoms with van der Waals surface area (Å²) in [6.45, 7) is 0. The van der Waals surface area contributed by atoms with Crippen LogP contribution in [-0.4, -0.2) is 16.0 Å². The Morgan fingerprint density at radius 1 is 1.53 bits per heavy atom. The summed E-state index contributed by atoms with van der Waals surface area (Å²) in [5.41, 5.74) is 10.5. The van der Waals surface area contributed by atoms with E-state index in [0.29, 0.717) is 5.82 Å². The highest BCUT2D eigenvalue weighted by atomic mass is 35.5. The van der Waals surface area contributed by atoms with Gasteiger partial charge >= 0.3 is 0 Å². The van der Waals surface area contributed by atoms with Crippen LogP contribution in [0, 0.1) is 0 Å². The van der Waals surface area contributed by atoms with Gasteiger partial charge in [0.1, 0.15) is 6.42 Å². The smallest absolute Gasteiger partial charge is 0.236 e. The first-order valence-electron chi connectivity index (χ1n) is 4.50. The molecule has 0 unspecified atom stereocenters. The second kappa shape index (κ2) is 4.16. The van der Waals surface area contributed by atoms with Crippen LogP contribution in [0.25, 0.3) is 0 Å². The fraction of sp³-hybridized carbons (Fsp3) is 0.625. The van der Waals surface area contributed by atoms with E-state index in [9.17, 15) is 4.79 Å². The van der Waals surface area contributed by atoms with Gasteiger partial charge in [-0.15, -0.1) is 12.4 Å². The Kier molecular flexibility index (Phi) is 3.31. The highest BCUT2D eigenvalue weighted by Crippen LogP contribution is 2.36. The van der Waals surface area contributed by atoms with Crippen molar-refractivity contribution >= 4 is 18.3 Å². The Hall–Kier alpha value is -1.14. The molecule has 1 amide bonds. The third kappa shape index (κ3) is 2.27. The Morgan fingerprint density at radius 3 is 2.67 bits per heavy atom. The van der Waals surface area contributed by atoms with E-state index in [1.807, 2.05) is 0 Å². The van der Waals surface area contributed by atoms with Crippen molar-refractivity contribution in [3.8, 4) is 0 Å². The molecule has 0 spiro atoms. The second-order valence-electron chi connectivity index (χ2n) is 3.66. The lowest BCUT2D eigenvalue weighted by Gasteiger charge is -2.34. The molecule has 1 saturated carbocycles. The van der Waals surface area contributed by atoms with Crippen LogP contribution in [0.3, 0.4) is 0 Å². The molecule has 0 saturated heterocycles. The first kappa shape index (κ1) is 11.9. The van der Waals surface area contributed by atoms with Gasteiger partial charge in [0.05, 0.1) is 5.54 Å². The van der Waals surface area contributed by atoms with Crippen LogP contribution in [-0.2, 0) is 16.8 Å². The van der Waals surface area contributed by atoms with Gasteiger partial charge in [-0.2, -0.15) is 4.98 Å². The van der Waals surface area contributed by atoms with Gasteiger partial charge in [-0.3, -0.25) is 4.79 Å². The summed E-state index contributed by atoms with van der Waals surface area (Å²) < 4.78 is 4.86. The molecule has 0 atom stereocenters. The van der Waals surface area contributed by atoms with E-state index < -0.39 is 11.4 Å². The third-order valence-corrected chi connectivity index (χ3v) is 2.48. The lowest BCUT2D eigenvalue weighted by molar-refractivity contribution is -0.117. The predicted octanol–water partition coefficient (Wildman–Crippen LogP) is -0.143. The summed E-state index contributed by atoms with van der Waals surface area (Å²) in [4.78, 5) is 14.6. The van der Waals surface area contributed by atoms with Crippen LogP contribution in [0.5, 0.6) is 0 Å². The summed E-state index contributed by atoms with van der Waals surface area (Å²) in [5, 5.41) is 3.74. The maximum absolute atomic E-state index is 10.6. The van der Waals surface area contributed by atoms with E-state index in [1.54, 1.807) is 0 Å². The van der Waals surface area contributed by atoms with E-state index in [1.165, 1.54) is 0 Å². The average Bonchev–Trinajstić information content (AvgIpc) is 2.47. The zero-order valence-corrected chi connectivity index (χ0v) is 8.92. The van der Waals surface area contributed by atoms with Gasteiger partial charge in [-0.05, 0) is 19.3 Å². The van der Waals surface area contributed by atoms with Gasteiger partial charge in [-0.25, -0.2) is 0 Å². The van der Waals surface area contributed by atoms with Crippen LogP contribution >= 0.6 is 12.4 Å². The molecule has 0 aromatic carbocycles. The standard InChI is InChI=1S/C8H12N4O2.ClH/c9-5(13)4-6-11-7(12-14-6)8(10)2-1-3-8;/h1-4,10H2,(H2,9,13);1H. The van der Waals surface area contributed by atoms with Crippen molar-refractivity contribution in [1.29, 1.82) is 0 Å². The molecule has 1 fully saturated rings. The number of amides is 1. The quantitative estimate of drug-likeness (QED) is 0.754. The number of hydrogen-bond acceptors (Lipinski definition) is 5. The molecular formula is C8H13ClN4O2. The lowest BCUT2D eigenvalue weighted by atomic mass is 9.77. The zero-order valence-electron chi connectivity index (χ0n) is 8.10. The number of nitrogens with zero attached hydrogens (tertiary/aromatic N) is 2. The summed E-state index contributed by atoms with van der Waals surface area (Å²) in [7, 11) is 0. The van der Waals surface area contributed by atoms with Crippen LogP contribution in [0.4, 0.5) is 0 Å². The molecule has 0 radical (unpaired) electrons. The summed E-state index contributed by atoms with van der Waals surface area (Å²) in [6, 6.07) is 0. The highest BCUT2D eigenvalue weighted by molar-refractivity contribution is 5.85. The molecule has 4 N–H and O–H groups in total. The van der Waals surface area contributed by atoms with E-state index in [0.717, 1.165) is 19.3 Å². The van der Waals surface area contributed by atoms with Gasteiger partial charge in [0.2, 0.25) is 11.8 Å². The molecule has 0 bridgehead atoms. The van der Waals surface area contributed by atoms with Gasteiger partial charge in [0.25, 0.3) is 0 Å². The van der Waals surface area contributed by atoms with E-state index in [-0.39, 0.29) is 24.7 Å². The molecular weight excluding hydrogens is 220 g/mol. The van der Waals surface area contributed by atoms with Crippen molar-refractivity contribution in [1.82, 2.24) is 10.1 Å². The predicted molar refractivity (Wildman–Crippen MR) is 54.2 cm³/mol. The number of aromatic nitrogens is 2. The molecule has 7 heteroatoms.